The molecule has 2 rings (SSSR count). The first kappa shape index (κ1) is 11.1. The first-order valence-electron chi connectivity index (χ1n) is 4.97. The SMILES string of the molecule is Cc1cccc(-n2ccc(C=O)n2)c1C(=O)O. The van der Waals surface area contributed by atoms with Crippen LogP contribution >= 0.6 is 0 Å². The zero-order valence-corrected chi connectivity index (χ0v) is 9.12. The van der Waals surface area contributed by atoms with Crippen LogP contribution in [0.1, 0.15) is 26.4 Å². The summed E-state index contributed by atoms with van der Waals surface area (Å²) >= 11 is 0. The fourth-order valence-corrected chi connectivity index (χ4v) is 1.66. The molecule has 1 aromatic carbocycles. The molecule has 86 valence electrons. The van der Waals surface area contributed by atoms with Gasteiger partial charge in [-0.2, -0.15) is 5.10 Å². The summed E-state index contributed by atoms with van der Waals surface area (Å²) in [7, 11) is 0. The summed E-state index contributed by atoms with van der Waals surface area (Å²) in [5, 5.41) is 13.1. The number of carboxylic acids is 1. The molecule has 0 aliphatic rings. The summed E-state index contributed by atoms with van der Waals surface area (Å²) in [6.45, 7) is 1.72. The molecule has 5 nitrogen and oxygen atoms in total. The third kappa shape index (κ3) is 1.94. The normalized spacial score (nSPS) is 10.2. The second-order valence-electron chi connectivity index (χ2n) is 3.58. The lowest BCUT2D eigenvalue weighted by molar-refractivity contribution is 0.0696. The molecule has 0 bridgehead atoms. The van der Waals surface area contributed by atoms with Crippen LogP contribution in [0.25, 0.3) is 5.69 Å². The Morgan fingerprint density at radius 1 is 1.41 bits per heavy atom. The van der Waals surface area contributed by atoms with Gasteiger partial charge in [-0.05, 0) is 24.6 Å². The highest BCUT2D eigenvalue weighted by molar-refractivity contribution is 5.93. The van der Waals surface area contributed by atoms with Gasteiger partial charge in [0.2, 0.25) is 0 Å². The quantitative estimate of drug-likeness (QED) is 0.814. The fourth-order valence-electron chi connectivity index (χ4n) is 1.66. The summed E-state index contributed by atoms with van der Waals surface area (Å²) in [6.07, 6.45) is 2.18. The van der Waals surface area contributed by atoms with Gasteiger partial charge in [0.15, 0.2) is 6.29 Å². The first-order chi connectivity index (χ1) is 8.13. The van der Waals surface area contributed by atoms with Gasteiger partial charge in [0.25, 0.3) is 0 Å². The lowest BCUT2D eigenvalue weighted by Gasteiger charge is -2.08. The Morgan fingerprint density at radius 2 is 2.18 bits per heavy atom. The lowest BCUT2D eigenvalue weighted by Crippen LogP contribution is -2.08. The van der Waals surface area contributed by atoms with Gasteiger partial charge in [-0.25, -0.2) is 9.48 Å². The van der Waals surface area contributed by atoms with Crippen molar-refractivity contribution in [3.8, 4) is 5.69 Å². The summed E-state index contributed by atoms with van der Waals surface area (Å²) < 4.78 is 1.39. The smallest absolute Gasteiger partial charge is 0.338 e. The zero-order chi connectivity index (χ0) is 12.4. The molecule has 0 radical (unpaired) electrons. The first-order valence-corrected chi connectivity index (χ1v) is 4.97. The number of aldehydes is 1. The summed E-state index contributed by atoms with van der Waals surface area (Å²) in [5.74, 6) is -1.01. The molecule has 1 heterocycles. The van der Waals surface area contributed by atoms with E-state index in [9.17, 15) is 9.59 Å². The molecule has 2 aromatic rings. The van der Waals surface area contributed by atoms with Crippen LogP contribution in [-0.2, 0) is 0 Å². The van der Waals surface area contributed by atoms with E-state index in [2.05, 4.69) is 5.10 Å². The summed E-state index contributed by atoms with van der Waals surface area (Å²) in [6, 6.07) is 6.65. The molecule has 1 N–H and O–H groups in total. The van der Waals surface area contributed by atoms with Crippen molar-refractivity contribution in [1.29, 1.82) is 0 Å². The molecule has 0 spiro atoms. The number of aryl methyl sites for hydroxylation is 1. The van der Waals surface area contributed by atoms with Gasteiger partial charge in [0.1, 0.15) is 5.69 Å². The van der Waals surface area contributed by atoms with Crippen molar-refractivity contribution in [3.63, 3.8) is 0 Å². The average molecular weight is 230 g/mol. The van der Waals surface area contributed by atoms with Crippen molar-refractivity contribution in [2.75, 3.05) is 0 Å². The summed E-state index contributed by atoms with van der Waals surface area (Å²) in [5.41, 5.74) is 1.56. The number of carboxylic acid groups (broad SMARTS) is 1. The van der Waals surface area contributed by atoms with Crippen molar-refractivity contribution in [2.24, 2.45) is 0 Å². The highest BCUT2D eigenvalue weighted by Crippen LogP contribution is 2.18. The molecule has 0 saturated heterocycles. The molecule has 0 unspecified atom stereocenters. The van der Waals surface area contributed by atoms with Gasteiger partial charge in [-0.1, -0.05) is 12.1 Å². The monoisotopic (exact) mass is 230 g/mol. The van der Waals surface area contributed by atoms with Crippen LogP contribution in [0.5, 0.6) is 0 Å². The van der Waals surface area contributed by atoms with E-state index in [0.29, 0.717) is 17.5 Å². The van der Waals surface area contributed by atoms with Gasteiger partial charge in [-0.3, -0.25) is 4.79 Å². The Balaban J connectivity index is 2.62. The predicted octanol–water partition coefficient (Wildman–Crippen LogP) is 1.69. The van der Waals surface area contributed by atoms with Crippen LogP contribution in [0.15, 0.2) is 30.5 Å². The Kier molecular flexibility index (Phi) is 2.74. The minimum atomic E-state index is -1.01. The van der Waals surface area contributed by atoms with Gasteiger partial charge < -0.3 is 5.11 Å². The van der Waals surface area contributed by atoms with E-state index in [-0.39, 0.29) is 11.3 Å². The molecular weight excluding hydrogens is 220 g/mol. The topological polar surface area (TPSA) is 72.2 Å². The van der Waals surface area contributed by atoms with Crippen molar-refractivity contribution in [1.82, 2.24) is 9.78 Å². The Hall–Kier alpha value is -2.43. The number of hydrogen-bond donors (Lipinski definition) is 1. The van der Waals surface area contributed by atoms with E-state index >= 15 is 0 Å². The lowest BCUT2D eigenvalue weighted by atomic mass is 10.1. The standard InChI is InChI=1S/C12H10N2O3/c1-8-3-2-4-10(11(8)12(16)17)14-6-5-9(7-15)13-14/h2-7H,1H3,(H,16,17). The molecule has 0 aliphatic heterocycles. The van der Waals surface area contributed by atoms with E-state index in [1.165, 1.54) is 10.7 Å². The van der Waals surface area contributed by atoms with Crippen molar-refractivity contribution in [2.45, 2.75) is 6.92 Å². The van der Waals surface area contributed by atoms with Crippen LogP contribution in [0.2, 0.25) is 0 Å². The fraction of sp³-hybridized carbons (Fsp3) is 0.0833. The molecule has 0 aliphatic carbocycles. The maximum atomic E-state index is 11.2. The highest BCUT2D eigenvalue weighted by Gasteiger charge is 2.14. The maximum Gasteiger partial charge on any atom is 0.338 e. The molecule has 0 atom stereocenters. The minimum Gasteiger partial charge on any atom is -0.478 e. The molecule has 17 heavy (non-hydrogen) atoms. The molecular formula is C12H10N2O3. The predicted molar refractivity (Wildman–Crippen MR) is 60.6 cm³/mol. The van der Waals surface area contributed by atoms with Gasteiger partial charge in [0.05, 0.1) is 11.3 Å². The van der Waals surface area contributed by atoms with E-state index in [1.54, 1.807) is 31.3 Å². The van der Waals surface area contributed by atoms with Crippen LogP contribution in [0, 0.1) is 6.92 Å². The minimum absolute atomic E-state index is 0.188. The van der Waals surface area contributed by atoms with Gasteiger partial charge >= 0.3 is 5.97 Å². The van der Waals surface area contributed by atoms with Gasteiger partial charge in [-0.15, -0.1) is 0 Å². The third-order valence-electron chi connectivity index (χ3n) is 2.44. The molecule has 1 aromatic heterocycles. The van der Waals surface area contributed by atoms with E-state index in [4.69, 9.17) is 5.11 Å². The number of aromatic carboxylic acids is 1. The Morgan fingerprint density at radius 3 is 2.76 bits per heavy atom. The second kappa shape index (κ2) is 4.21. The van der Waals surface area contributed by atoms with Crippen molar-refractivity contribution in [3.05, 3.63) is 47.3 Å². The highest BCUT2D eigenvalue weighted by atomic mass is 16.4. The molecule has 5 heteroatoms. The third-order valence-corrected chi connectivity index (χ3v) is 2.44. The number of carbonyl (C=O) groups excluding carboxylic acids is 1. The Bertz CT molecular complexity index is 587. The van der Waals surface area contributed by atoms with E-state index in [0.717, 1.165) is 0 Å². The van der Waals surface area contributed by atoms with Crippen LogP contribution in [0.4, 0.5) is 0 Å². The zero-order valence-electron chi connectivity index (χ0n) is 9.12. The van der Waals surface area contributed by atoms with Gasteiger partial charge in [0, 0.05) is 6.20 Å². The number of hydrogen-bond acceptors (Lipinski definition) is 3. The summed E-state index contributed by atoms with van der Waals surface area (Å²) in [4.78, 5) is 21.7. The number of carbonyl (C=O) groups is 2. The number of nitrogens with zero attached hydrogens (tertiary/aromatic N) is 2. The number of benzene rings is 1. The van der Waals surface area contributed by atoms with Crippen molar-refractivity contribution < 1.29 is 14.7 Å². The van der Waals surface area contributed by atoms with Crippen LogP contribution < -0.4 is 0 Å². The maximum absolute atomic E-state index is 11.2. The molecule has 0 amide bonds. The molecule has 0 fully saturated rings. The molecule has 0 saturated carbocycles. The van der Waals surface area contributed by atoms with E-state index < -0.39 is 5.97 Å². The van der Waals surface area contributed by atoms with E-state index in [1.807, 2.05) is 0 Å². The second-order valence-corrected chi connectivity index (χ2v) is 3.58. The largest absolute Gasteiger partial charge is 0.478 e. The Labute approximate surface area is 97.3 Å². The van der Waals surface area contributed by atoms with Crippen LogP contribution in [-0.4, -0.2) is 27.1 Å². The van der Waals surface area contributed by atoms with Crippen molar-refractivity contribution >= 4 is 12.3 Å². The number of rotatable bonds is 3. The number of aromatic nitrogens is 2. The van der Waals surface area contributed by atoms with Crippen LogP contribution in [0.3, 0.4) is 0 Å². The average Bonchev–Trinajstić information content (AvgIpc) is 2.76.